The summed E-state index contributed by atoms with van der Waals surface area (Å²) in [4.78, 5) is 2.70. The van der Waals surface area contributed by atoms with Crippen molar-refractivity contribution in [3.8, 4) is 0 Å². The molecule has 1 aliphatic heterocycles. The van der Waals surface area contributed by atoms with Crippen LogP contribution in [-0.4, -0.2) is 49.8 Å². The number of hydrogen-bond acceptors (Lipinski definition) is 3. The molecule has 0 aromatic rings. The normalized spacial score (nSPS) is 30.8. The van der Waals surface area contributed by atoms with Crippen molar-refractivity contribution in [2.75, 3.05) is 32.8 Å². The average molecular weight is 280 g/mol. The largest absolute Gasteiger partial charge is 0.377 e. The first kappa shape index (κ1) is 14.8. The van der Waals surface area contributed by atoms with Gasteiger partial charge in [-0.05, 0) is 57.4 Å². The molecule has 0 aromatic carbocycles. The fourth-order valence-corrected chi connectivity index (χ4v) is 4.17. The van der Waals surface area contributed by atoms with E-state index in [1.807, 2.05) is 0 Å². The van der Waals surface area contributed by atoms with Gasteiger partial charge in [0.05, 0.1) is 6.10 Å². The van der Waals surface area contributed by atoms with Crippen LogP contribution >= 0.6 is 0 Å². The Labute approximate surface area is 124 Å². The number of nitrogens with one attached hydrogen (secondary N) is 1. The summed E-state index contributed by atoms with van der Waals surface area (Å²) in [7, 11) is 0. The lowest BCUT2D eigenvalue weighted by Crippen LogP contribution is -2.48. The van der Waals surface area contributed by atoms with Gasteiger partial charge < -0.3 is 15.0 Å². The molecule has 0 amide bonds. The maximum Gasteiger partial charge on any atom is 0.0702 e. The zero-order valence-corrected chi connectivity index (χ0v) is 13.2. The van der Waals surface area contributed by atoms with Gasteiger partial charge in [-0.1, -0.05) is 12.8 Å². The molecular weight excluding hydrogens is 248 g/mol. The molecule has 1 N–H and O–H groups in total. The summed E-state index contributed by atoms with van der Waals surface area (Å²) < 4.78 is 5.86. The molecule has 0 spiro atoms. The standard InChI is InChI=1S/C17H32N2O/c1-2-20-16-6-5-11-19(12-16)14-17(9-3-4-10-17)13-18-15-7-8-15/h15-16,18H,2-14H2,1H3. The summed E-state index contributed by atoms with van der Waals surface area (Å²) >= 11 is 0. The third kappa shape index (κ3) is 3.96. The second kappa shape index (κ2) is 6.76. The Hall–Kier alpha value is -0.120. The molecule has 3 rings (SSSR count). The minimum absolute atomic E-state index is 0.489. The van der Waals surface area contributed by atoms with Crippen molar-refractivity contribution in [3.63, 3.8) is 0 Å². The van der Waals surface area contributed by atoms with Crippen LogP contribution in [0.3, 0.4) is 0 Å². The van der Waals surface area contributed by atoms with Crippen LogP contribution in [0.5, 0.6) is 0 Å². The lowest BCUT2D eigenvalue weighted by Gasteiger charge is -2.39. The van der Waals surface area contributed by atoms with Gasteiger partial charge in [0.25, 0.3) is 0 Å². The molecule has 1 heterocycles. The van der Waals surface area contributed by atoms with Crippen LogP contribution in [0.4, 0.5) is 0 Å². The van der Waals surface area contributed by atoms with E-state index in [1.165, 1.54) is 77.5 Å². The van der Waals surface area contributed by atoms with E-state index in [2.05, 4.69) is 17.1 Å². The van der Waals surface area contributed by atoms with Crippen LogP contribution in [0.2, 0.25) is 0 Å². The Kier molecular flexibility index (Phi) is 5.00. The van der Waals surface area contributed by atoms with Gasteiger partial charge >= 0.3 is 0 Å². The number of ether oxygens (including phenoxy) is 1. The van der Waals surface area contributed by atoms with Crippen molar-refractivity contribution in [2.24, 2.45) is 5.41 Å². The molecular formula is C17H32N2O. The lowest BCUT2D eigenvalue weighted by atomic mass is 9.84. The second-order valence-electron chi connectivity index (χ2n) is 7.32. The van der Waals surface area contributed by atoms with E-state index >= 15 is 0 Å². The Morgan fingerprint density at radius 2 is 1.95 bits per heavy atom. The quantitative estimate of drug-likeness (QED) is 0.776. The zero-order valence-electron chi connectivity index (χ0n) is 13.2. The molecule has 3 heteroatoms. The minimum atomic E-state index is 0.489. The molecule has 2 aliphatic carbocycles. The van der Waals surface area contributed by atoms with Gasteiger partial charge in [0.15, 0.2) is 0 Å². The van der Waals surface area contributed by atoms with Crippen LogP contribution in [0.25, 0.3) is 0 Å². The maximum absolute atomic E-state index is 5.86. The second-order valence-corrected chi connectivity index (χ2v) is 7.32. The van der Waals surface area contributed by atoms with Crippen molar-refractivity contribution in [1.82, 2.24) is 10.2 Å². The first-order valence-electron chi connectivity index (χ1n) is 8.87. The first-order valence-corrected chi connectivity index (χ1v) is 8.87. The van der Waals surface area contributed by atoms with Crippen molar-refractivity contribution < 1.29 is 4.74 Å². The van der Waals surface area contributed by atoms with Gasteiger partial charge in [0, 0.05) is 32.3 Å². The van der Waals surface area contributed by atoms with E-state index in [0.717, 1.165) is 12.6 Å². The number of rotatable bonds is 7. The highest BCUT2D eigenvalue weighted by atomic mass is 16.5. The fraction of sp³-hybridized carbons (Fsp3) is 1.00. The van der Waals surface area contributed by atoms with Crippen LogP contribution in [-0.2, 0) is 4.74 Å². The monoisotopic (exact) mass is 280 g/mol. The zero-order chi connectivity index (χ0) is 13.8. The van der Waals surface area contributed by atoms with Gasteiger partial charge in [-0.15, -0.1) is 0 Å². The van der Waals surface area contributed by atoms with Gasteiger partial charge in [0.1, 0.15) is 0 Å². The lowest BCUT2D eigenvalue weighted by molar-refractivity contribution is -0.00644. The molecule has 3 aliphatic rings. The molecule has 0 aromatic heterocycles. The molecule has 1 saturated heterocycles. The average Bonchev–Trinajstić information content (AvgIpc) is 3.18. The Bertz CT molecular complexity index is 295. The van der Waals surface area contributed by atoms with Crippen LogP contribution in [0, 0.1) is 5.41 Å². The van der Waals surface area contributed by atoms with E-state index in [-0.39, 0.29) is 0 Å². The van der Waals surface area contributed by atoms with E-state index in [9.17, 15) is 0 Å². The molecule has 1 atom stereocenters. The highest BCUT2D eigenvalue weighted by molar-refractivity contribution is 4.93. The predicted octanol–water partition coefficient (Wildman–Crippen LogP) is 2.80. The maximum atomic E-state index is 5.86. The van der Waals surface area contributed by atoms with Crippen LogP contribution in [0.1, 0.15) is 58.3 Å². The third-order valence-electron chi connectivity index (χ3n) is 5.43. The summed E-state index contributed by atoms with van der Waals surface area (Å²) in [5.74, 6) is 0. The van der Waals surface area contributed by atoms with E-state index in [1.54, 1.807) is 0 Å². The van der Waals surface area contributed by atoms with E-state index in [0.29, 0.717) is 11.5 Å². The molecule has 116 valence electrons. The molecule has 0 radical (unpaired) electrons. The molecule has 2 saturated carbocycles. The summed E-state index contributed by atoms with van der Waals surface area (Å²) in [5, 5.41) is 3.81. The minimum Gasteiger partial charge on any atom is -0.377 e. The molecule has 3 fully saturated rings. The van der Waals surface area contributed by atoms with Crippen molar-refractivity contribution in [2.45, 2.75) is 70.4 Å². The van der Waals surface area contributed by atoms with E-state index in [4.69, 9.17) is 4.74 Å². The summed E-state index contributed by atoms with van der Waals surface area (Å²) in [6.07, 6.45) is 11.6. The highest BCUT2D eigenvalue weighted by Gasteiger charge is 2.37. The third-order valence-corrected chi connectivity index (χ3v) is 5.43. The summed E-state index contributed by atoms with van der Waals surface area (Å²) in [6.45, 7) is 8.00. The van der Waals surface area contributed by atoms with Crippen molar-refractivity contribution in [1.29, 1.82) is 0 Å². The van der Waals surface area contributed by atoms with Gasteiger partial charge in [-0.3, -0.25) is 0 Å². The van der Waals surface area contributed by atoms with Crippen molar-refractivity contribution >= 4 is 0 Å². The Morgan fingerprint density at radius 1 is 1.15 bits per heavy atom. The molecule has 3 nitrogen and oxygen atoms in total. The number of nitrogens with zero attached hydrogens (tertiary/aromatic N) is 1. The van der Waals surface area contributed by atoms with Gasteiger partial charge in [0.2, 0.25) is 0 Å². The van der Waals surface area contributed by atoms with Gasteiger partial charge in [-0.2, -0.15) is 0 Å². The van der Waals surface area contributed by atoms with Crippen molar-refractivity contribution in [3.05, 3.63) is 0 Å². The molecule has 20 heavy (non-hydrogen) atoms. The van der Waals surface area contributed by atoms with Crippen LogP contribution < -0.4 is 5.32 Å². The highest BCUT2D eigenvalue weighted by Crippen LogP contribution is 2.39. The fourth-order valence-electron chi connectivity index (χ4n) is 4.17. The SMILES string of the molecule is CCOC1CCCN(CC2(CNC3CC3)CCCC2)C1. The van der Waals surface area contributed by atoms with E-state index < -0.39 is 0 Å². The summed E-state index contributed by atoms with van der Waals surface area (Å²) in [6, 6.07) is 0.852. The smallest absolute Gasteiger partial charge is 0.0702 e. The number of piperidine rings is 1. The predicted molar refractivity (Wildman–Crippen MR) is 83.0 cm³/mol. The van der Waals surface area contributed by atoms with Crippen LogP contribution in [0.15, 0.2) is 0 Å². The Morgan fingerprint density at radius 3 is 2.65 bits per heavy atom. The Balaban J connectivity index is 1.52. The molecule has 0 bridgehead atoms. The first-order chi connectivity index (χ1) is 9.80. The molecule has 1 unspecified atom stereocenters. The topological polar surface area (TPSA) is 24.5 Å². The number of likely N-dealkylation sites (tertiary alicyclic amines) is 1. The van der Waals surface area contributed by atoms with Gasteiger partial charge in [-0.25, -0.2) is 0 Å². The summed E-state index contributed by atoms with van der Waals surface area (Å²) in [5.41, 5.74) is 0.566. The number of hydrogen-bond donors (Lipinski definition) is 1.